The number of hydrogen-bond donors (Lipinski definition) is 3. The molecule has 3 aromatic rings. The Labute approximate surface area is 195 Å². The van der Waals surface area contributed by atoms with Gasteiger partial charge in [0.15, 0.2) is 18.3 Å². The lowest BCUT2D eigenvalue weighted by atomic mass is 10.1. The van der Waals surface area contributed by atoms with Crippen molar-refractivity contribution in [3.8, 4) is 11.6 Å². The van der Waals surface area contributed by atoms with E-state index in [2.05, 4.69) is 19.2 Å². The van der Waals surface area contributed by atoms with Gasteiger partial charge in [0, 0.05) is 37.9 Å². The first-order chi connectivity index (χ1) is 16.4. The summed E-state index contributed by atoms with van der Waals surface area (Å²) >= 11 is 0. The van der Waals surface area contributed by atoms with Crippen molar-refractivity contribution < 1.29 is 37.5 Å². The third-order valence-electron chi connectivity index (χ3n) is 4.45. The lowest BCUT2D eigenvalue weighted by molar-refractivity contribution is -0.617. The van der Waals surface area contributed by atoms with E-state index < -0.39 is 13.6 Å². The molecule has 0 spiro atoms. The van der Waals surface area contributed by atoms with Gasteiger partial charge in [0.25, 0.3) is 5.88 Å². The molecule has 10 nitrogen and oxygen atoms in total. The van der Waals surface area contributed by atoms with Crippen LogP contribution in [0.5, 0.6) is 11.6 Å². The highest BCUT2D eigenvalue weighted by atomic mass is 31.2. The number of allylic oxidation sites excluding steroid dienone is 2. The molecule has 1 atom stereocenters. The summed E-state index contributed by atoms with van der Waals surface area (Å²) in [6.45, 7) is 0.137. The van der Waals surface area contributed by atoms with Crippen molar-refractivity contribution >= 4 is 13.4 Å². The van der Waals surface area contributed by atoms with Crippen LogP contribution in [-0.2, 0) is 20.0 Å². The number of nitrogens with zero attached hydrogens (tertiary/aromatic N) is 2. The van der Waals surface area contributed by atoms with Gasteiger partial charge in [-0.2, -0.15) is 0 Å². The van der Waals surface area contributed by atoms with E-state index >= 15 is 0 Å². The predicted molar refractivity (Wildman–Crippen MR) is 121 cm³/mol. The van der Waals surface area contributed by atoms with E-state index in [1.54, 1.807) is 41.9 Å². The molecule has 0 radical (unpaired) electrons. The molecule has 0 saturated carbocycles. The maximum atomic E-state index is 13.7. The minimum atomic E-state index is -3.99. The van der Waals surface area contributed by atoms with Crippen LogP contribution in [0.1, 0.15) is 17.0 Å². The van der Waals surface area contributed by atoms with Crippen molar-refractivity contribution in [1.82, 2.24) is 10.1 Å². The van der Waals surface area contributed by atoms with Gasteiger partial charge in [-0.1, -0.05) is 17.3 Å². The van der Waals surface area contributed by atoms with Gasteiger partial charge in [0.05, 0.1) is 11.9 Å². The topological polar surface area (TPSA) is 147 Å². The van der Waals surface area contributed by atoms with E-state index in [0.29, 0.717) is 23.6 Å². The molecule has 0 aliphatic carbocycles. The summed E-state index contributed by atoms with van der Waals surface area (Å²) in [5, 5.41) is 5.64. The van der Waals surface area contributed by atoms with E-state index in [1.807, 2.05) is 12.1 Å². The first kappa shape index (κ1) is 25.4. The van der Waals surface area contributed by atoms with Crippen molar-refractivity contribution in [2.45, 2.75) is 6.42 Å². The molecule has 2 heterocycles. The highest BCUT2D eigenvalue weighted by Gasteiger charge is 2.18. The monoisotopic (exact) mass is 491 g/mol. The predicted octanol–water partition coefficient (Wildman–Crippen LogP) is 2.73. The van der Waals surface area contributed by atoms with Crippen molar-refractivity contribution in [3.63, 3.8) is 0 Å². The average Bonchev–Trinajstić information content (AvgIpc) is 3.29. The molecule has 0 saturated heterocycles. The summed E-state index contributed by atoms with van der Waals surface area (Å²) in [5.41, 5.74) is 8.20. The fourth-order valence-corrected chi connectivity index (χ4v) is 3.12. The molecule has 3 rings (SSSR count). The fourth-order valence-electron chi connectivity index (χ4n) is 2.74. The number of phosphoric acid groups is 1. The number of quaternary nitrogens is 1. The number of rotatable bonds is 12. The first-order valence-electron chi connectivity index (χ1n) is 10.2. The zero-order valence-electron chi connectivity index (χ0n) is 18.3. The van der Waals surface area contributed by atoms with E-state index in [-0.39, 0.29) is 19.2 Å². The van der Waals surface area contributed by atoms with Gasteiger partial charge in [0.1, 0.15) is 5.75 Å². The molecule has 0 bridgehead atoms. The van der Waals surface area contributed by atoms with Crippen LogP contribution in [0, 0.1) is 5.82 Å². The van der Waals surface area contributed by atoms with E-state index in [1.165, 1.54) is 18.3 Å². The quantitative estimate of drug-likeness (QED) is 0.151. The molecular weight excluding hydrogens is 466 g/mol. The Bertz CT molecular complexity index is 1180. The van der Waals surface area contributed by atoms with Crippen molar-refractivity contribution in [2.75, 3.05) is 20.4 Å². The number of hydrogen-bond acceptors (Lipinski definition) is 8. The third-order valence-corrected chi connectivity index (χ3v) is 5.39. The number of phosphoric ester groups is 1. The molecule has 1 unspecified atom stereocenters. The Balaban J connectivity index is 1.55. The highest BCUT2D eigenvalue weighted by Crippen LogP contribution is 2.40. The Morgan fingerprint density at radius 1 is 1.32 bits per heavy atom. The van der Waals surface area contributed by atoms with Crippen molar-refractivity contribution in [1.29, 1.82) is 0 Å². The second kappa shape index (κ2) is 12.3. The second-order valence-electron chi connectivity index (χ2n) is 6.86. The largest absolute Gasteiger partial charge is 0.476 e. The van der Waals surface area contributed by atoms with Gasteiger partial charge in [-0.15, -0.1) is 0 Å². The van der Waals surface area contributed by atoms with Gasteiger partial charge in [0.2, 0.25) is 0 Å². The van der Waals surface area contributed by atoms with E-state index in [9.17, 15) is 8.96 Å². The highest BCUT2D eigenvalue weighted by molar-refractivity contribution is 7.47. The van der Waals surface area contributed by atoms with Crippen LogP contribution in [0.25, 0.3) is 5.57 Å². The van der Waals surface area contributed by atoms with Crippen LogP contribution in [0.15, 0.2) is 71.5 Å². The summed E-state index contributed by atoms with van der Waals surface area (Å²) in [7, 11) is -2.90. The Hall–Kier alpha value is -3.18. The average molecular weight is 491 g/mol. The summed E-state index contributed by atoms with van der Waals surface area (Å²) in [6, 6.07) is 11.7. The van der Waals surface area contributed by atoms with E-state index in [4.69, 9.17) is 19.9 Å². The van der Waals surface area contributed by atoms with Crippen LogP contribution in [0.3, 0.4) is 0 Å². The molecule has 0 fully saturated rings. The van der Waals surface area contributed by atoms with Gasteiger partial charge in [-0.25, -0.2) is 18.5 Å². The van der Waals surface area contributed by atoms with Crippen LogP contribution >= 0.6 is 7.82 Å². The van der Waals surface area contributed by atoms with Gasteiger partial charge >= 0.3 is 7.82 Å². The van der Waals surface area contributed by atoms with Crippen LogP contribution < -0.4 is 15.8 Å². The molecule has 12 heteroatoms. The van der Waals surface area contributed by atoms with Crippen LogP contribution in [-0.4, -0.2) is 35.4 Å². The second-order valence-corrected chi connectivity index (χ2v) is 8.42. The zero-order valence-corrected chi connectivity index (χ0v) is 19.2. The number of ether oxygens (including phenoxy) is 1. The SMILES string of the molecule is COP(=O)(O)OC[NH2+]/C=C\C=C(/CN)c1cc(Cc2ccc(Oc3ncccc3F)cc2)no1. The van der Waals surface area contributed by atoms with Crippen LogP contribution in [0.4, 0.5) is 4.39 Å². The molecule has 0 aliphatic heterocycles. The Morgan fingerprint density at radius 3 is 2.82 bits per heavy atom. The number of benzene rings is 1. The molecular formula is C22H25FN4O6P+. The van der Waals surface area contributed by atoms with Crippen molar-refractivity contribution in [3.05, 3.63) is 89.8 Å². The molecule has 0 amide bonds. The van der Waals surface area contributed by atoms with Gasteiger partial charge in [-0.3, -0.25) is 9.84 Å². The van der Waals surface area contributed by atoms with Gasteiger partial charge < -0.3 is 19.9 Å². The standard InChI is InChI=1S/C22H24FN4O6P/c1-30-34(28,29)31-15-25-10-2-4-17(14-24)21-13-18(27-33-21)12-16-6-8-19(9-7-16)32-22-20(23)5-3-11-26-22/h2-11,13,25H,12,14-15,24H2,1H3,(H,28,29)/p+1/b10-2-,17-4+. The first-order valence-corrected chi connectivity index (χ1v) is 11.6. The summed E-state index contributed by atoms with van der Waals surface area (Å²) in [4.78, 5) is 13.0. The minimum absolute atomic E-state index is 0.0833. The number of pyridine rings is 1. The number of halogens is 1. The van der Waals surface area contributed by atoms with Crippen LogP contribution in [0.2, 0.25) is 0 Å². The molecule has 180 valence electrons. The lowest BCUT2D eigenvalue weighted by Crippen LogP contribution is -2.78. The summed E-state index contributed by atoms with van der Waals surface area (Å²) in [5.74, 6) is 0.380. The third kappa shape index (κ3) is 7.70. The normalized spacial score (nSPS) is 13.8. The van der Waals surface area contributed by atoms with Crippen molar-refractivity contribution in [2.24, 2.45) is 5.73 Å². The summed E-state index contributed by atoms with van der Waals surface area (Å²) in [6.07, 6.45) is 7.06. The zero-order chi connectivity index (χ0) is 24.4. The fraction of sp³-hybridized carbons (Fsp3) is 0.182. The minimum Gasteiger partial charge on any atom is -0.436 e. The maximum absolute atomic E-state index is 13.7. The molecule has 5 N–H and O–H groups in total. The molecule has 1 aromatic carbocycles. The van der Waals surface area contributed by atoms with Gasteiger partial charge in [-0.05, 0) is 42.0 Å². The molecule has 0 aliphatic rings. The van der Waals surface area contributed by atoms with E-state index in [0.717, 1.165) is 18.2 Å². The Morgan fingerprint density at radius 2 is 2.12 bits per heavy atom. The number of nitrogens with two attached hydrogens (primary N) is 2. The number of aromatic nitrogens is 2. The molecule has 2 aromatic heterocycles. The summed E-state index contributed by atoms with van der Waals surface area (Å²) < 4.78 is 44.7. The maximum Gasteiger partial charge on any atom is 0.476 e. The smallest absolute Gasteiger partial charge is 0.436 e. The Kier molecular flexibility index (Phi) is 9.23. The molecule has 34 heavy (non-hydrogen) atoms. The lowest BCUT2D eigenvalue weighted by Gasteiger charge is -2.06.